The first kappa shape index (κ1) is 11.6. The monoisotopic (exact) mass is 258 g/mol. The molecule has 2 heterocycles. The molecule has 19 heavy (non-hydrogen) atoms. The molecule has 0 aliphatic heterocycles. The van der Waals surface area contributed by atoms with E-state index in [9.17, 15) is 0 Å². The van der Waals surface area contributed by atoms with Gasteiger partial charge >= 0.3 is 0 Å². The van der Waals surface area contributed by atoms with Crippen LogP contribution in [0, 0.1) is 6.92 Å². The van der Waals surface area contributed by atoms with Crippen molar-refractivity contribution in [2.45, 2.75) is 13.5 Å². The smallest absolute Gasteiger partial charge is 0.160 e. The Balaban J connectivity index is 1.95. The number of nitrogens with two attached hydrogens (primary N) is 1. The van der Waals surface area contributed by atoms with E-state index in [0.29, 0.717) is 23.3 Å². The average Bonchev–Trinajstić information content (AvgIpc) is 2.99. The molecule has 6 nitrogen and oxygen atoms in total. The Morgan fingerprint density at radius 3 is 2.68 bits per heavy atom. The van der Waals surface area contributed by atoms with Crippen molar-refractivity contribution in [3.8, 4) is 0 Å². The molecule has 0 atom stereocenters. The van der Waals surface area contributed by atoms with Gasteiger partial charge in [0.1, 0.15) is 11.5 Å². The minimum absolute atomic E-state index is 0.558. The summed E-state index contributed by atoms with van der Waals surface area (Å²) in [4.78, 5) is 2.02. The molecule has 0 aliphatic carbocycles. The maximum Gasteiger partial charge on any atom is 0.160 e. The first-order valence-corrected chi connectivity index (χ1v) is 5.92. The van der Waals surface area contributed by atoms with Gasteiger partial charge in [-0.25, -0.2) is 4.63 Å². The minimum Gasteiger partial charge on any atom is -0.464 e. The van der Waals surface area contributed by atoms with E-state index in [1.807, 2.05) is 37.1 Å². The molecular formula is C13H14N4O2. The fourth-order valence-corrected chi connectivity index (χ4v) is 2.07. The molecule has 6 heteroatoms. The first-order chi connectivity index (χ1) is 9.15. The Hall–Kier alpha value is -2.50. The van der Waals surface area contributed by atoms with Gasteiger partial charge in [-0.15, -0.1) is 0 Å². The lowest BCUT2D eigenvalue weighted by atomic mass is 10.2. The van der Waals surface area contributed by atoms with E-state index in [0.717, 1.165) is 17.2 Å². The second-order valence-corrected chi connectivity index (χ2v) is 4.50. The quantitative estimate of drug-likeness (QED) is 0.726. The molecule has 0 aliphatic rings. The number of nitrogen functional groups attached to an aromatic ring is 1. The maximum absolute atomic E-state index is 5.83. The molecule has 2 aromatic heterocycles. The van der Waals surface area contributed by atoms with Crippen LogP contribution in [0.2, 0.25) is 0 Å². The first-order valence-electron chi connectivity index (χ1n) is 5.92. The summed E-state index contributed by atoms with van der Waals surface area (Å²) in [6.07, 6.45) is 0. The number of rotatable bonds is 3. The summed E-state index contributed by atoms with van der Waals surface area (Å²) in [5, 5.41) is 7.72. The normalized spacial score (nSPS) is 11.1. The molecule has 0 spiro atoms. The summed E-state index contributed by atoms with van der Waals surface area (Å²) in [5.41, 5.74) is 8.53. The van der Waals surface area contributed by atoms with Gasteiger partial charge in [0.15, 0.2) is 11.0 Å². The van der Waals surface area contributed by atoms with Crippen molar-refractivity contribution < 1.29 is 9.05 Å². The number of hydrogen-bond donors (Lipinski definition) is 1. The molecular weight excluding hydrogens is 244 g/mol. The Kier molecular flexibility index (Phi) is 2.63. The molecule has 0 saturated heterocycles. The number of nitrogens with zero attached hydrogens (tertiary/aromatic N) is 3. The second-order valence-electron chi connectivity index (χ2n) is 4.50. The van der Waals surface area contributed by atoms with E-state index in [-0.39, 0.29) is 0 Å². The highest BCUT2D eigenvalue weighted by molar-refractivity contribution is 5.95. The zero-order chi connectivity index (χ0) is 13.4. The van der Waals surface area contributed by atoms with E-state index in [4.69, 9.17) is 14.8 Å². The van der Waals surface area contributed by atoms with Gasteiger partial charge in [0.25, 0.3) is 0 Å². The Labute approximate surface area is 109 Å². The van der Waals surface area contributed by atoms with Crippen molar-refractivity contribution in [2.24, 2.45) is 0 Å². The number of furan rings is 1. The van der Waals surface area contributed by atoms with Crippen molar-refractivity contribution in [1.29, 1.82) is 0 Å². The standard InChI is InChI=1S/C13H14N4O2/c1-8-3-4-9(18-8)7-17(2)11-6-5-10(14)12-13(11)16-19-15-12/h3-6H,7,14H2,1-2H3. The lowest BCUT2D eigenvalue weighted by molar-refractivity contribution is 0.315. The Bertz CT molecular complexity index is 716. The average molecular weight is 258 g/mol. The molecule has 0 bridgehead atoms. The number of aryl methyl sites for hydroxylation is 1. The maximum atomic E-state index is 5.83. The molecule has 0 amide bonds. The van der Waals surface area contributed by atoms with Gasteiger partial charge in [0.05, 0.1) is 17.9 Å². The van der Waals surface area contributed by atoms with E-state index >= 15 is 0 Å². The summed E-state index contributed by atoms with van der Waals surface area (Å²) in [6.45, 7) is 2.56. The van der Waals surface area contributed by atoms with Gasteiger partial charge in [-0.1, -0.05) is 0 Å². The number of fused-ring (bicyclic) bond motifs is 1. The Morgan fingerprint density at radius 2 is 1.95 bits per heavy atom. The van der Waals surface area contributed by atoms with E-state index < -0.39 is 0 Å². The molecule has 2 N–H and O–H groups in total. The van der Waals surface area contributed by atoms with Gasteiger partial charge in [-0.2, -0.15) is 0 Å². The largest absolute Gasteiger partial charge is 0.464 e. The number of benzene rings is 1. The third-order valence-electron chi connectivity index (χ3n) is 3.03. The SMILES string of the molecule is Cc1ccc(CN(C)c2ccc(N)c3nonc23)o1. The van der Waals surface area contributed by atoms with Crippen LogP contribution in [0.4, 0.5) is 11.4 Å². The van der Waals surface area contributed by atoms with Gasteiger partial charge in [-0.05, 0) is 41.5 Å². The second kappa shape index (κ2) is 4.31. The van der Waals surface area contributed by atoms with Gasteiger partial charge in [0.2, 0.25) is 0 Å². The summed E-state index contributed by atoms with van der Waals surface area (Å²) in [5.74, 6) is 1.79. The van der Waals surface area contributed by atoms with Crippen molar-refractivity contribution >= 4 is 22.4 Å². The third-order valence-corrected chi connectivity index (χ3v) is 3.03. The lowest BCUT2D eigenvalue weighted by Crippen LogP contribution is -2.16. The molecule has 0 fully saturated rings. The van der Waals surface area contributed by atoms with E-state index in [1.54, 1.807) is 6.07 Å². The molecule has 0 unspecified atom stereocenters. The van der Waals surface area contributed by atoms with Crippen LogP contribution in [0.5, 0.6) is 0 Å². The van der Waals surface area contributed by atoms with E-state index in [1.165, 1.54) is 0 Å². The predicted octanol–water partition coefficient (Wildman–Crippen LogP) is 2.34. The van der Waals surface area contributed by atoms with Gasteiger partial charge in [0, 0.05) is 7.05 Å². The molecule has 3 rings (SSSR count). The van der Waals surface area contributed by atoms with Crippen LogP contribution < -0.4 is 10.6 Å². The van der Waals surface area contributed by atoms with Crippen LogP contribution in [0.1, 0.15) is 11.5 Å². The zero-order valence-corrected chi connectivity index (χ0v) is 10.8. The summed E-state index contributed by atoms with van der Waals surface area (Å²) in [6, 6.07) is 7.60. The predicted molar refractivity (Wildman–Crippen MR) is 71.8 cm³/mol. The van der Waals surface area contributed by atoms with Crippen LogP contribution >= 0.6 is 0 Å². The van der Waals surface area contributed by atoms with Crippen LogP contribution in [0.25, 0.3) is 11.0 Å². The van der Waals surface area contributed by atoms with Crippen molar-refractivity contribution in [2.75, 3.05) is 17.7 Å². The highest BCUT2D eigenvalue weighted by Crippen LogP contribution is 2.28. The molecule has 0 saturated carbocycles. The summed E-state index contributed by atoms with van der Waals surface area (Å²) < 4.78 is 10.3. The van der Waals surface area contributed by atoms with Crippen LogP contribution in [0.3, 0.4) is 0 Å². The lowest BCUT2D eigenvalue weighted by Gasteiger charge is -2.18. The fourth-order valence-electron chi connectivity index (χ4n) is 2.07. The highest BCUT2D eigenvalue weighted by atomic mass is 16.6. The number of anilines is 2. The third kappa shape index (κ3) is 2.01. The molecule has 0 radical (unpaired) electrons. The topological polar surface area (TPSA) is 81.3 Å². The van der Waals surface area contributed by atoms with Gasteiger partial charge < -0.3 is 15.1 Å². The molecule has 98 valence electrons. The minimum atomic E-state index is 0.558. The van der Waals surface area contributed by atoms with Crippen LogP contribution in [-0.4, -0.2) is 17.4 Å². The van der Waals surface area contributed by atoms with Crippen molar-refractivity contribution in [1.82, 2.24) is 10.3 Å². The fraction of sp³-hybridized carbons (Fsp3) is 0.231. The number of aromatic nitrogens is 2. The van der Waals surface area contributed by atoms with Crippen molar-refractivity contribution in [3.63, 3.8) is 0 Å². The number of hydrogen-bond acceptors (Lipinski definition) is 6. The van der Waals surface area contributed by atoms with Gasteiger partial charge in [-0.3, -0.25) is 0 Å². The van der Waals surface area contributed by atoms with Crippen LogP contribution in [0.15, 0.2) is 33.3 Å². The summed E-state index contributed by atoms with van der Waals surface area (Å²) in [7, 11) is 1.96. The van der Waals surface area contributed by atoms with Crippen LogP contribution in [-0.2, 0) is 6.54 Å². The zero-order valence-electron chi connectivity index (χ0n) is 10.8. The van der Waals surface area contributed by atoms with Crippen molar-refractivity contribution in [3.05, 3.63) is 35.8 Å². The molecule has 3 aromatic rings. The summed E-state index contributed by atoms with van der Waals surface area (Å²) >= 11 is 0. The molecule has 1 aromatic carbocycles. The highest BCUT2D eigenvalue weighted by Gasteiger charge is 2.14. The van der Waals surface area contributed by atoms with E-state index in [2.05, 4.69) is 10.3 Å². The Morgan fingerprint density at radius 1 is 1.16 bits per heavy atom.